The maximum atomic E-state index is 11.0. The molecule has 0 amide bonds. The average Bonchev–Trinajstić information content (AvgIpc) is 2.97. The minimum atomic E-state index is -0.643. The first-order chi connectivity index (χ1) is 12.8. The number of carbonyl (C=O) groups is 1. The fourth-order valence-electron chi connectivity index (χ4n) is 8.76. The molecule has 0 aromatic rings. The van der Waals surface area contributed by atoms with Crippen LogP contribution in [0.2, 0.25) is 0 Å². The normalized spacial score (nSPS) is 50.4. The summed E-state index contributed by atoms with van der Waals surface area (Å²) in [6.07, 6.45) is 12.4. The smallest absolute Gasteiger partial charge is 0.303 e. The predicted octanol–water partition coefficient (Wildman–Crippen LogP) is 5.51. The number of fused-ring (bicyclic) bond motifs is 5. The molecule has 4 fully saturated rings. The van der Waals surface area contributed by atoms with Crippen LogP contribution in [0.1, 0.15) is 91.4 Å². The van der Waals surface area contributed by atoms with Gasteiger partial charge in [0, 0.05) is 6.42 Å². The summed E-state index contributed by atoms with van der Waals surface area (Å²) >= 11 is 0. The fraction of sp³-hybridized carbons (Fsp3) is 0.958. The summed E-state index contributed by atoms with van der Waals surface area (Å²) in [4.78, 5) is 11.0. The van der Waals surface area contributed by atoms with Crippen molar-refractivity contribution in [1.82, 2.24) is 0 Å². The Morgan fingerprint density at radius 3 is 2.44 bits per heavy atom. The topological polar surface area (TPSA) is 57.5 Å². The SMILES string of the molecule is C[C@H](CCC(=O)O)[C@H]1CC[C@H]2[C@@H]3CC[C@@H]4C[C@H](O)CC[C@]4(C)[C@H]3CCC12C. The van der Waals surface area contributed by atoms with Gasteiger partial charge in [0.1, 0.15) is 0 Å². The molecule has 27 heavy (non-hydrogen) atoms. The van der Waals surface area contributed by atoms with Crippen molar-refractivity contribution in [3.8, 4) is 0 Å². The molecule has 2 N–H and O–H groups in total. The van der Waals surface area contributed by atoms with E-state index in [0.717, 1.165) is 42.9 Å². The van der Waals surface area contributed by atoms with Crippen LogP contribution in [0.3, 0.4) is 0 Å². The average molecular weight is 377 g/mol. The van der Waals surface area contributed by atoms with Crippen molar-refractivity contribution in [3.05, 3.63) is 0 Å². The highest BCUT2D eigenvalue weighted by molar-refractivity contribution is 5.66. The van der Waals surface area contributed by atoms with Gasteiger partial charge in [-0.15, -0.1) is 0 Å². The number of hydrogen-bond donors (Lipinski definition) is 2. The van der Waals surface area contributed by atoms with Crippen LogP contribution in [0.25, 0.3) is 0 Å². The van der Waals surface area contributed by atoms with Gasteiger partial charge in [-0.05, 0) is 111 Å². The zero-order valence-corrected chi connectivity index (χ0v) is 17.6. The van der Waals surface area contributed by atoms with Crippen LogP contribution < -0.4 is 0 Å². The number of aliphatic hydroxyl groups is 1. The second kappa shape index (κ2) is 7.04. The van der Waals surface area contributed by atoms with Crippen LogP contribution in [0.4, 0.5) is 0 Å². The zero-order valence-electron chi connectivity index (χ0n) is 17.6. The third-order valence-electron chi connectivity index (χ3n) is 10.2. The lowest BCUT2D eigenvalue weighted by molar-refractivity contribution is -0.138. The van der Waals surface area contributed by atoms with Crippen molar-refractivity contribution in [3.63, 3.8) is 0 Å². The summed E-state index contributed by atoms with van der Waals surface area (Å²) in [5.41, 5.74) is 0.882. The van der Waals surface area contributed by atoms with Crippen LogP contribution >= 0.6 is 0 Å². The number of rotatable bonds is 4. The fourth-order valence-corrected chi connectivity index (χ4v) is 8.76. The molecule has 0 spiro atoms. The first-order valence-corrected chi connectivity index (χ1v) is 11.7. The summed E-state index contributed by atoms with van der Waals surface area (Å²) in [5, 5.41) is 19.3. The Morgan fingerprint density at radius 1 is 1.00 bits per heavy atom. The molecule has 0 aromatic carbocycles. The Balaban J connectivity index is 1.51. The molecule has 4 rings (SSSR count). The first-order valence-electron chi connectivity index (χ1n) is 11.7. The van der Waals surface area contributed by atoms with E-state index in [9.17, 15) is 9.90 Å². The Kier molecular flexibility index (Phi) is 5.15. The third-order valence-corrected chi connectivity index (χ3v) is 10.2. The van der Waals surface area contributed by atoms with Gasteiger partial charge >= 0.3 is 5.97 Å². The van der Waals surface area contributed by atoms with Crippen LogP contribution in [0, 0.1) is 46.3 Å². The van der Waals surface area contributed by atoms with Gasteiger partial charge in [0.25, 0.3) is 0 Å². The van der Waals surface area contributed by atoms with Gasteiger partial charge in [0.15, 0.2) is 0 Å². The van der Waals surface area contributed by atoms with E-state index >= 15 is 0 Å². The van der Waals surface area contributed by atoms with E-state index in [2.05, 4.69) is 20.8 Å². The molecule has 0 aliphatic heterocycles. The Hall–Kier alpha value is -0.570. The second-order valence-corrected chi connectivity index (χ2v) is 11.2. The molecule has 9 atom stereocenters. The van der Waals surface area contributed by atoms with Gasteiger partial charge in [-0.1, -0.05) is 20.8 Å². The highest BCUT2D eigenvalue weighted by Crippen LogP contribution is 2.68. The third kappa shape index (κ3) is 3.16. The van der Waals surface area contributed by atoms with Crippen molar-refractivity contribution in [1.29, 1.82) is 0 Å². The van der Waals surface area contributed by atoms with Crippen LogP contribution in [0.15, 0.2) is 0 Å². The number of hydrogen-bond acceptors (Lipinski definition) is 2. The number of aliphatic hydroxyl groups excluding tert-OH is 1. The predicted molar refractivity (Wildman–Crippen MR) is 107 cm³/mol. The number of carboxylic acids is 1. The van der Waals surface area contributed by atoms with E-state index in [4.69, 9.17) is 5.11 Å². The molecule has 4 aliphatic carbocycles. The summed E-state index contributed by atoms with van der Waals surface area (Å²) in [7, 11) is 0. The van der Waals surface area contributed by atoms with Crippen molar-refractivity contribution < 1.29 is 15.0 Å². The standard InChI is InChI=1S/C24H40O3/c1-15(4-9-22(26)27)19-7-8-20-18-6-5-16-14-17(25)10-12-23(16,2)21(18)11-13-24(19,20)3/h15-21,25H,4-14H2,1-3H3,(H,26,27)/t15-,16-,17-,18+,19-,20+,21+,23+,24?/m1/s1. The van der Waals surface area contributed by atoms with E-state index in [0.29, 0.717) is 29.1 Å². The van der Waals surface area contributed by atoms with E-state index in [-0.39, 0.29) is 6.10 Å². The van der Waals surface area contributed by atoms with Gasteiger partial charge in [-0.2, -0.15) is 0 Å². The van der Waals surface area contributed by atoms with Gasteiger partial charge in [0.2, 0.25) is 0 Å². The number of carboxylic acid groups (broad SMARTS) is 1. The molecule has 1 unspecified atom stereocenters. The molecule has 0 heterocycles. The molecule has 3 nitrogen and oxygen atoms in total. The first kappa shape index (κ1) is 19.7. The maximum absolute atomic E-state index is 11.0. The van der Waals surface area contributed by atoms with E-state index in [1.807, 2.05) is 0 Å². The molecule has 0 aromatic heterocycles. The molecular formula is C24H40O3. The lowest BCUT2D eigenvalue weighted by Crippen LogP contribution is -2.54. The molecule has 4 aliphatic rings. The summed E-state index contributed by atoms with van der Waals surface area (Å²) in [6.45, 7) is 7.43. The monoisotopic (exact) mass is 376 g/mol. The minimum Gasteiger partial charge on any atom is -0.481 e. The van der Waals surface area contributed by atoms with Crippen molar-refractivity contribution in [2.24, 2.45) is 46.3 Å². The van der Waals surface area contributed by atoms with Crippen LogP contribution in [-0.4, -0.2) is 22.3 Å². The van der Waals surface area contributed by atoms with Crippen LogP contribution in [0.5, 0.6) is 0 Å². The summed E-state index contributed by atoms with van der Waals surface area (Å²) < 4.78 is 0. The van der Waals surface area contributed by atoms with Gasteiger partial charge in [-0.3, -0.25) is 4.79 Å². The quantitative estimate of drug-likeness (QED) is 0.680. The lowest BCUT2D eigenvalue weighted by Gasteiger charge is -2.61. The Morgan fingerprint density at radius 2 is 1.70 bits per heavy atom. The molecular weight excluding hydrogens is 336 g/mol. The Bertz CT molecular complexity index is 574. The molecule has 0 bridgehead atoms. The van der Waals surface area contributed by atoms with E-state index in [1.165, 1.54) is 44.9 Å². The molecule has 0 saturated heterocycles. The summed E-state index contributed by atoms with van der Waals surface area (Å²) in [5.74, 6) is 3.91. The van der Waals surface area contributed by atoms with Crippen molar-refractivity contribution in [2.45, 2.75) is 97.5 Å². The van der Waals surface area contributed by atoms with E-state index in [1.54, 1.807) is 0 Å². The molecule has 4 saturated carbocycles. The minimum absolute atomic E-state index is 0.0561. The zero-order chi connectivity index (χ0) is 19.4. The van der Waals surface area contributed by atoms with E-state index < -0.39 is 5.97 Å². The molecule has 0 radical (unpaired) electrons. The highest BCUT2D eigenvalue weighted by Gasteiger charge is 2.60. The van der Waals surface area contributed by atoms with Crippen LogP contribution in [-0.2, 0) is 4.79 Å². The van der Waals surface area contributed by atoms with Gasteiger partial charge in [-0.25, -0.2) is 0 Å². The van der Waals surface area contributed by atoms with Crippen molar-refractivity contribution in [2.75, 3.05) is 0 Å². The lowest BCUT2D eigenvalue weighted by atomic mass is 9.44. The molecule has 3 heteroatoms. The second-order valence-electron chi connectivity index (χ2n) is 11.2. The Labute approximate surface area is 165 Å². The van der Waals surface area contributed by atoms with Gasteiger partial charge < -0.3 is 10.2 Å². The summed E-state index contributed by atoms with van der Waals surface area (Å²) in [6, 6.07) is 0. The van der Waals surface area contributed by atoms with Gasteiger partial charge in [0.05, 0.1) is 6.10 Å². The molecule has 154 valence electrons. The van der Waals surface area contributed by atoms with Crippen molar-refractivity contribution >= 4 is 5.97 Å². The largest absolute Gasteiger partial charge is 0.481 e. The maximum Gasteiger partial charge on any atom is 0.303 e. The highest BCUT2D eigenvalue weighted by atomic mass is 16.4. The number of aliphatic carboxylic acids is 1.